The lowest BCUT2D eigenvalue weighted by Crippen LogP contribution is -2.41. The maximum Gasteiger partial charge on any atom is 0.238 e. The van der Waals surface area contributed by atoms with Gasteiger partial charge in [-0.25, -0.2) is 0 Å². The van der Waals surface area contributed by atoms with Crippen molar-refractivity contribution in [1.29, 1.82) is 0 Å². The molecule has 29 heavy (non-hydrogen) atoms. The summed E-state index contributed by atoms with van der Waals surface area (Å²) >= 11 is 12.2. The molecule has 2 aromatic rings. The van der Waals surface area contributed by atoms with Crippen molar-refractivity contribution in [2.45, 2.75) is 13.5 Å². The monoisotopic (exact) mass is 437 g/mol. The number of anilines is 1. The van der Waals surface area contributed by atoms with Gasteiger partial charge in [-0.05, 0) is 36.4 Å². The van der Waals surface area contributed by atoms with Crippen LogP contribution in [0, 0.1) is 0 Å². The summed E-state index contributed by atoms with van der Waals surface area (Å²) in [6.07, 6.45) is 0. The van der Waals surface area contributed by atoms with Gasteiger partial charge < -0.3 is 15.0 Å². The quantitative estimate of drug-likeness (QED) is 0.645. The third kappa shape index (κ3) is 6.92. The number of halogens is 2. The third-order valence-corrected chi connectivity index (χ3v) is 5.01. The molecule has 0 aliphatic carbocycles. The largest absolute Gasteiger partial charge is 0.497 e. The van der Waals surface area contributed by atoms with E-state index in [1.165, 1.54) is 0 Å². The molecule has 0 aliphatic rings. The number of hydrogen-bond acceptors (Lipinski definition) is 4. The number of nitrogens with zero attached hydrogens (tertiary/aromatic N) is 2. The molecule has 6 nitrogen and oxygen atoms in total. The van der Waals surface area contributed by atoms with Crippen molar-refractivity contribution in [2.24, 2.45) is 0 Å². The Kier molecular flexibility index (Phi) is 8.76. The predicted octanol–water partition coefficient (Wildman–Crippen LogP) is 3.92. The van der Waals surface area contributed by atoms with E-state index in [9.17, 15) is 9.59 Å². The number of likely N-dealkylation sites (N-methyl/N-ethyl adjacent to an activating group) is 2. The van der Waals surface area contributed by atoms with Crippen molar-refractivity contribution in [3.05, 3.63) is 58.1 Å². The Morgan fingerprint density at radius 2 is 1.72 bits per heavy atom. The van der Waals surface area contributed by atoms with Gasteiger partial charge in [0.1, 0.15) is 5.75 Å². The summed E-state index contributed by atoms with van der Waals surface area (Å²) in [6.45, 7) is 3.07. The Bertz CT molecular complexity index is 841. The maximum atomic E-state index is 12.6. The zero-order chi connectivity index (χ0) is 21.4. The number of benzene rings is 2. The first-order valence-electron chi connectivity index (χ1n) is 9.17. The van der Waals surface area contributed by atoms with E-state index in [0.717, 1.165) is 11.3 Å². The molecule has 0 spiro atoms. The average molecular weight is 438 g/mol. The highest BCUT2D eigenvalue weighted by Gasteiger charge is 2.18. The lowest BCUT2D eigenvalue weighted by molar-refractivity contribution is -0.132. The van der Waals surface area contributed by atoms with Gasteiger partial charge in [0.05, 0.1) is 35.9 Å². The van der Waals surface area contributed by atoms with E-state index in [4.69, 9.17) is 27.9 Å². The molecule has 0 aromatic heterocycles. The fourth-order valence-electron chi connectivity index (χ4n) is 2.72. The van der Waals surface area contributed by atoms with Crippen LogP contribution < -0.4 is 10.1 Å². The van der Waals surface area contributed by atoms with E-state index in [1.54, 1.807) is 42.2 Å². The van der Waals surface area contributed by atoms with Crippen LogP contribution in [0.1, 0.15) is 12.5 Å². The number of para-hydroxylation sites is 1. The SMILES string of the molecule is CCN(CC(=O)Nc1c(Cl)cccc1Cl)CC(=O)N(C)Cc1cccc(OC)c1. The summed E-state index contributed by atoms with van der Waals surface area (Å²) in [4.78, 5) is 28.4. The van der Waals surface area contributed by atoms with E-state index in [2.05, 4.69) is 5.32 Å². The van der Waals surface area contributed by atoms with Crippen LogP contribution in [0.4, 0.5) is 5.69 Å². The standard InChI is InChI=1S/C21H25Cl2N3O3/c1-4-26(13-19(27)24-21-17(22)9-6-10-18(21)23)14-20(28)25(2)12-15-7-5-8-16(11-15)29-3/h5-11H,4,12-14H2,1-3H3,(H,24,27). The van der Waals surface area contributed by atoms with Crippen LogP contribution in [0.25, 0.3) is 0 Å². The Morgan fingerprint density at radius 3 is 2.34 bits per heavy atom. The number of carbonyl (C=O) groups is 2. The van der Waals surface area contributed by atoms with Gasteiger partial charge in [0.15, 0.2) is 0 Å². The third-order valence-electron chi connectivity index (χ3n) is 4.38. The minimum Gasteiger partial charge on any atom is -0.497 e. The average Bonchev–Trinajstić information content (AvgIpc) is 2.70. The summed E-state index contributed by atoms with van der Waals surface area (Å²) in [5.74, 6) is 0.372. The second-order valence-electron chi connectivity index (χ2n) is 6.55. The molecule has 0 aliphatic heterocycles. The lowest BCUT2D eigenvalue weighted by Gasteiger charge is -2.24. The molecule has 0 unspecified atom stereocenters. The topological polar surface area (TPSA) is 61.9 Å². The molecule has 1 N–H and O–H groups in total. The van der Waals surface area contributed by atoms with Crippen molar-refractivity contribution in [1.82, 2.24) is 9.80 Å². The van der Waals surface area contributed by atoms with Gasteiger partial charge in [0.2, 0.25) is 11.8 Å². The normalized spacial score (nSPS) is 10.7. The minimum absolute atomic E-state index is 0.0524. The zero-order valence-electron chi connectivity index (χ0n) is 16.7. The molecule has 2 aromatic carbocycles. The van der Waals surface area contributed by atoms with Gasteiger partial charge >= 0.3 is 0 Å². The molecule has 0 bridgehead atoms. The van der Waals surface area contributed by atoms with E-state index in [1.807, 2.05) is 31.2 Å². The first-order chi connectivity index (χ1) is 13.8. The Balaban J connectivity index is 1.92. The molecule has 2 rings (SSSR count). The smallest absolute Gasteiger partial charge is 0.238 e. The second kappa shape index (κ2) is 11.0. The van der Waals surface area contributed by atoms with Crippen molar-refractivity contribution in [2.75, 3.05) is 39.1 Å². The highest BCUT2D eigenvalue weighted by Crippen LogP contribution is 2.29. The summed E-state index contributed by atoms with van der Waals surface area (Å²) < 4.78 is 5.21. The van der Waals surface area contributed by atoms with Crippen LogP contribution in [-0.4, -0.2) is 55.4 Å². The molecule has 0 saturated heterocycles. The minimum atomic E-state index is -0.287. The van der Waals surface area contributed by atoms with Gasteiger partial charge in [-0.3, -0.25) is 14.5 Å². The van der Waals surface area contributed by atoms with Crippen LogP contribution in [-0.2, 0) is 16.1 Å². The number of nitrogens with one attached hydrogen (secondary N) is 1. The fourth-order valence-corrected chi connectivity index (χ4v) is 3.22. The summed E-state index contributed by atoms with van der Waals surface area (Å²) in [6, 6.07) is 12.6. The number of hydrogen-bond donors (Lipinski definition) is 1. The number of ether oxygens (including phenoxy) is 1. The van der Waals surface area contributed by atoms with Gasteiger partial charge in [-0.15, -0.1) is 0 Å². The Labute approximate surface area is 181 Å². The van der Waals surface area contributed by atoms with E-state index < -0.39 is 0 Å². The number of carbonyl (C=O) groups excluding carboxylic acids is 2. The first-order valence-corrected chi connectivity index (χ1v) is 9.92. The number of rotatable bonds is 9. The Hall–Kier alpha value is -2.28. The molecule has 0 saturated carbocycles. The van der Waals surface area contributed by atoms with E-state index in [0.29, 0.717) is 28.8 Å². The van der Waals surface area contributed by atoms with Crippen LogP contribution in [0.5, 0.6) is 5.75 Å². The van der Waals surface area contributed by atoms with Crippen LogP contribution in [0.2, 0.25) is 10.0 Å². The fraction of sp³-hybridized carbons (Fsp3) is 0.333. The molecule has 0 heterocycles. The second-order valence-corrected chi connectivity index (χ2v) is 7.36. The summed E-state index contributed by atoms with van der Waals surface area (Å²) in [5.41, 5.74) is 1.34. The van der Waals surface area contributed by atoms with Crippen molar-refractivity contribution in [3.63, 3.8) is 0 Å². The van der Waals surface area contributed by atoms with E-state index >= 15 is 0 Å². The van der Waals surface area contributed by atoms with Crippen molar-refractivity contribution >= 4 is 40.7 Å². The van der Waals surface area contributed by atoms with Crippen LogP contribution in [0.3, 0.4) is 0 Å². The molecule has 0 atom stereocenters. The zero-order valence-corrected chi connectivity index (χ0v) is 18.3. The highest BCUT2D eigenvalue weighted by molar-refractivity contribution is 6.39. The predicted molar refractivity (Wildman–Crippen MR) is 117 cm³/mol. The van der Waals surface area contributed by atoms with Gasteiger partial charge in [0, 0.05) is 13.6 Å². The maximum absolute atomic E-state index is 12.6. The molecular weight excluding hydrogens is 413 g/mol. The molecule has 0 fully saturated rings. The molecule has 156 valence electrons. The summed E-state index contributed by atoms with van der Waals surface area (Å²) in [7, 11) is 3.34. The van der Waals surface area contributed by atoms with Crippen LogP contribution >= 0.6 is 23.2 Å². The Morgan fingerprint density at radius 1 is 1.07 bits per heavy atom. The summed E-state index contributed by atoms with van der Waals surface area (Å²) in [5, 5.41) is 3.44. The van der Waals surface area contributed by atoms with Gasteiger partial charge in [0.25, 0.3) is 0 Å². The van der Waals surface area contributed by atoms with Crippen molar-refractivity contribution in [3.8, 4) is 5.75 Å². The number of methoxy groups -OCH3 is 1. The van der Waals surface area contributed by atoms with Gasteiger partial charge in [-0.1, -0.05) is 48.3 Å². The van der Waals surface area contributed by atoms with Crippen molar-refractivity contribution < 1.29 is 14.3 Å². The lowest BCUT2D eigenvalue weighted by atomic mass is 10.2. The molecular formula is C21H25Cl2N3O3. The van der Waals surface area contributed by atoms with Crippen LogP contribution in [0.15, 0.2) is 42.5 Å². The molecule has 2 amide bonds. The van der Waals surface area contributed by atoms with E-state index in [-0.39, 0.29) is 24.9 Å². The highest BCUT2D eigenvalue weighted by atomic mass is 35.5. The first kappa shape index (κ1) is 23.0. The van der Waals surface area contributed by atoms with Gasteiger partial charge in [-0.2, -0.15) is 0 Å². The number of amides is 2. The molecule has 0 radical (unpaired) electrons. The molecule has 8 heteroatoms.